The molecule has 4 aromatic rings. The van der Waals surface area contributed by atoms with Crippen molar-refractivity contribution in [1.29, 1.82) is 0 Å². The summed E-state index contributed by atoms with van der Waals surface area (Å²) in [7, 11) is 1.63. The van der Waals surface area contributed by atoms with E-state index in [-0.39, 0.29) is 10.6 Å². The highest BCUT2D eigenvalue weighted by Gasteiger charge is 2.45. The Hall–Kier alpha value is -4.58. The van der Waals surface area contributed by atoms with Gasteiger partial charge < -0.3 is 14.2 Å². The molecule has 35 heavy (non-hydrogen) atoms. The SMILES string of the molecule is COc1ccc2c(c1)OC(c1ccccc1)=C(C)C21C=Cc2c(ccc3cc([N+](=O)[O-])ccc23)O1. The molecule has 0 amide bonds. The Labute approximate surface area is 201 Å². The molecule has 2 aliphatic heterocycles. The van der Waals surface area contributed by atoms with Gasteiger partial charge in [0.25, 0.3) is 5.69 Å². The Morgan fingerprint density at radius 1 is 0.943 bits per heavy atom. The van der Waals surface area contributed by atoms with E-state index in [0.29, 0.717) is 17.2 Å². The molecule has 0 bridgehead atoms. The summed E-state index contributed by atoms with van der Waals surface area (Å²) in [5.41, 5.74) is 2.82. The van der Waals surface area contributed by atoms with Crippen LogP contribution >= 0.6 is 0 Å². The number of ether oxygens (including phenoxy) is 3. The van der Waals surface area contributed by atoms with Crippen LogP contribution < -0.4 is 14.2 Å². The molecule has 0 fully saturated rings. The van der Waals surface area contributed by atoms with E-state index < -0.39 is 5.60 Å². The Kier molecular flexibility index (Phi) is 4.64. The van der Waals surface area contributed by atoms with Crippen LogP contribution in [0.15, 0.2) is 90.5 Å². The van der Waals surface area contributed by atoms with Crippen LogP contribution in [0.5, 0.6) is 17.2 Å². The molecular weight excluding hydrogens is 442 g/mol. The zero-order valence-corrected chi connectivity index (χ0v) is 19.1. The number of nitro benzene ring substituents is 1. The van der Waals surface area contributed by atoms with E-state index in [4.69, 9.17) is 14.2 Å². The number of hydrogen-bond donors (Lipinski definition) is 0. The summed E-state index contributed by atoms with van der Waals surface area (Å²) in [6.45, 7) is 2.02. The second-order valence-corrected chi connectivity index (χ2v) is 8.60. The first-order valence-electron chi connectivity index (χ1n) is 11.2. The molecule has 172 valence electrons. The summed E-state index contributed by atoms with van der Waals surface area (Å²) in [4.78, 5) is 10.8. The molecule has 0 radical (unpaired) electrons. The quantitative estimate of drug-likeness (QED) is 0.245. The number of nitrogens with zero attached hydrogens (tertiary/aromatic N) is 1. The van der Waals surface area contributed by atoms with E-state index in [2.05, 4.69) is 0 Å². The van der Waals surface area contributed by atoms with Crippen LogP contribution in [0.25, 0.3) is 22.6 Å². The van der Waals surface area contributed by atoms with Crippen molar-refractivity contribution in [2.24, 2.45) is 0 Å². The second kappa shape index (κ2) is 7.74. The molecule has 2 heterocycles. The van der Waals surface area contributed by atoms with Crippen molar-refractivity contribution >= 4 is 28.3 Å². The molecule has 0 saturated carbocycles. The second-order valence-electron chi connectivity index (χ2n) is 8.60. The van der Waals surface area contributed by atoms with Crippen LogP contribution in [-0.4, -0.2) is 12.0 Å². The Morgan fingerprint density at radius 3 is 2.54 bits per heavy atom. The average Bonchev–Trinajstić information content (AvgIpc) is 2.90. The lowest BCUT2D eigenvalue weighted by Gasteiger charge is -2.41. The zero-order valence-electron chi connectivity index (χ0n) is 19.1. The molecule has 1 spiro atoms. The van der Waals surface area contributed by atoms with Gasteiger partial charge in [-0.3, -0.25) is 10.1 Å². The van der Waals surface area contributed by atoms with Gasteiger partial charge in [-0.25, -0.2) is 0 Å². The molecule has 1 unspecified atom stereocenters. The fraction of sp³-hybridized carbons (Fsp3) is 0.103. The van der Waals surface area contributed by atoms with Crippen molar-refractivity contribution in [3.05, 3.63) is 117 Å². The molecule has 0 aromatic heterocycles. The monoisotopic (exact) mass is 463 g/mol. The van der Waals surface area contributed by atoms with Crippen LogP contribution in [0.2, 0.25) is 0 Å². The predicted molar refractivity (Wildman–Crippen MR) is 135 cm³/mol. The Bertz CT molecular complexity index is 1570. The van der Waals surface area contributed by atoms with Gasteiger partial charge in [0.05, 0.1) is 12.0 Å². The van der Waals surface area contributed by atoms with Crippen LogP contribution in [0, 0.1) is 10.1 Å². The third-order valence-electron chi connectivity index (χ3n) is 6.71. The van der Waals surface area contributed by atoms with E-state index in [9.17, 15) is 10.1 Å². The van der Waals surface area contributed by atoms with Crippen LogP contribution in [0.1, 0.15) is 23.6 Å². The molecule has 4 aromatic carbocycles. The van der Waals surface area contributed by atoms with E-state index in [1.165, 1.54) is 6.07 Å². The minimum Gasteiger partial charge on any atom is -0.497 e. The minimum atomic E-state index is -0.882. The fourth-order valence-corrected chi connectivity index (χ4v) is 4.89. The van der Waals surface area contributed by atoms with Crippen molar-refractivity contribution < 1.29 is 19.1 Å². The highest BCUT2D eigenvalue weighted by atomic mass is 16.6. The lowest BCUT2D eigenvalue weighted by molar-refractivity contribution is -0.384. The number of methoxy groups -OCH3 is 1. The lowest BCUT2D eigenvalue weighted by atomic mass is 9.80. The van der Waals surface area contributed by atoms with E-state index >= 15 is 0 Å². The third kappa shape index (κ3) is 3.18. The maximum Gasteiger partial charge on any atom is 0.270 e. The number of fused-ring (bicyclic) bond motifs is 5. The van der Waals surface area contributed by atoms with Crippen molar-refractivity contribution in [1.82, 2.24) is 0 Å². The molecular formula is C29H21NO5. The molecule has 0 aliphatic carbocycles. The molecule has 6 rings (SSSR count). The molecule has 1 atom stereocenters. The number of nitro groups is 1. The Balaban J connectivity index is 1.56. The predicted octanol–water partition coefficient (Wildman–Crippen LogP) is 6.88. The highest BCUT2D eigenvalue weighted by molar-refractivity contribution is 5.95. The summed E-state index contributed by atoms with van der Waals surface area (Å²) in [5, 5.41) is 12.9. The standard InChI is InChI=1S/C29H21NO5/c1-18-28(19-6-4-3-5-7-19)34-27-17-22(33-2)10-12-25(27)29(18)15-14-24-23-11-9-21(30(31)32)16-20(23)8-13-26(24)35-29/h3-17H,1-2H3. The van der Waals surface area contributed by atoms with Gasteiger partial charge in [0.2, 0.25) is 0 Å². The van der Waals surface area contributed by atoms with Crippen LogP contribution in [0.4, 0.5) is 5.69 Å². The van der Waals surface area contributed by atoms with Crippen molar-refractivity contribution in [3.8, 4) is 17.2 Å². The van der Waals surface area contributed by atoms with Crippen LogP contribution in [0.3, 0.4) is 0 Å². The molecule has 0 saturated heterocycles. The molecule has 6 heteroatoms. The number of rotatable bonds is 3. The van der Waals surface area contributed by atoms with Gasteiger partial charge in [0.15, 0.2) is 5.60 Å². The van der Waals surface area contributed by atoms with Gasteiger partial charge in [0, 0.05) is 40.5 Å². The van der Waals surface area contributed by atoms with Gasteiger partial charge in [-0.1, -0.05) is 36.4 Å². The first-order chi connectivity index (χ1) is 17.0. The third-order valence-corrected chi connectivity index (χ3v) is 6.71. The van der Waals surface area contributed by atoms with Crippen molar-refractivity contribution in [3.63, 3.8) is 0 Å². The summed E-state index contributed by atoms with van der Waals surface area (Å²) in [6.07, 6.45) is 4.08. The van der Waals surface area contributed by atoms with Gasteiger partial charge in [-0.05, 0) is 54.1 Å². The van der Waals surface area contributed by atoms with Gasteiger partial charge in [-0.2, -0.15) is 0 Å². The summed E-state index contributed by atoms with van der Waals surface area (Å²) in [5.74, 6) is 2.79. The van der Waals surface area contributed by atoms with Crippen molar-refractivity contribution in [2.75, 3.05) is 7.11 Å². The zero-order chi connectivity index (χ0) is 24.2. The topological polar surface area (TPSA) is 70.8 Å². The summed E-state index contributed by atoms with van der Waals surface area (Å²) in [6, 6.07) is 24.3. The Morgan fingerprint density at radius 2 is 1.77 bits per heavy atom. The number of benzene rings is 4. The summed E-state index contributed by atoms with van der Waals surface area (Å²) < 4.78 is 18.7. The first kappa shape index (κ1) is 21.0. The average molecular weight is 463 g/mol. The molecule has 0 N–H and O–H groups in total. The van der Waals surface area contributed by atoms with E-state index in [0.717, 1.165) is 38.8 Å². The highest BCUT2D eigenvalue weighted by Crippen LogP contribution is 2.52. The van der Waals surface area contributed by atoms with E-state index in [1.807, 2.05) is 79.7 Å². The minimum absolute atomic E-state index is 0.0632. The smallest absolute Gasteiger partial charge is 0.270 e. The largest absolute Gasteiger partial charge is 0.497 e. The van der Waals surface area contributed by atoms with Gasteiger partial charge in [-0.15, -0.1) is 0 Å². The maximum absolute atomic E-state index is 11.2. The molecule has 2 aliphatic rings. The normalized spacial score (nSPS) is 18.0. The van der Waals surface area contributed by atoms with Crippen molar-refractivity contribution in [2.45, 2.75) is 12.5 Å². The van der Waals surface area contributed by atoms with Gasteiger partial charge >= 0.3 is 0 Å². The number of non-ortho nitro benzene ring substituents is 1. The lowest BCUT2D eigenvalue weighted by Crippen LogP contribution is -2.38. The first-order valence-corrected chi connectivity index (χ1v) is 11.2. The molecule has 6 nitrogen and oxygen atoms in total. The van der Waals surface area contributed by atoms with Gasteiger partial charge in [0.1, 0.15) is 23.0 Å². The fourth-order valence-electron chi connectivity index (χ4n) is 4.89. The van der Waals surface area contributed by atoms with Crippen LogP contribution in [-0.2, 0) is 5.60 Å². The number of hydrogen-bond acceptors (Lipinski definition) is 5. The summed E-state index contributed by atoms with van der Waals surface area (Å²) >= 11 is 0. The maximum atomic E-state index is 11.2. The van der Waals surface area contributed by atoms with E-state index in [1.54, 1.807) is 19.2 Å².